The first-order valence-electron chi connectivity index (χ1n) is 6.33. The van der Waals surface area contributed by atoms with E-state index >= 15 is 0 Å². The predicted octanol–water partition coefficient (Wildman–Crippen LogP) is 3.24. The maximum atomic E-state index is 5.41. The number of aromatic nitrogens is 2. The highest BCUT2D eigenvalue weighted by Crippen LogP contribution is 2.19. The van der Waals surface area contributed by atoms with Crippen molar-refractivity contribution in [2.24, 2.45) is 0 Å². The molecule has 3 nitrogen and oxygen atoms in total. The van der Waals surface area contributed by atoms with Crippen molar-refractivity contribution in [1.29, 1.82) is 0 Å². The number of pyridine rings is 1. The third-order valence-corrected chi connectivity index (χ3v) is 3.24. The number of methoxy groups -OCH3 is 1. The van der Waals surface area contributed by atoms with E-state index in [1.165, 1.54) is 11.1 Å². The van der Waals surface area contributed by atoms with Gasteiger partial charge in [-0.1, -0.05) is 35.9 Å². The average molecular weight is 252 g/mol. The van der Waals surface area contributed by atoms with Crippen LogP contribution in [-0.2, 0) is 6.42 Å². The lowest BCUT2D eigenvalue weighted by molar-refractivity contribution is 0.390. The molecule has 3 heteroatoms. The second kappa shape index (κ2) is 4.76. The van der Waals surface area contributed by atoms with Gasteiger partial charge in [-0.25, -0.2) is 4.98 Å². The summed E-state index contributed by atoms with van der Waals surface area (Å²) < 4.78 is 7.47. The molecule has 2 aromatic heterocycles. The highest BCUT2D eigenvalue weighted by Gasteiger charge is 2.08. The summed E-state index contributed by atoms with van der Waals surface area (Å²) in [7, 11) is 1.69. The number of benzene rings is 1. The van der Waals surface area contributed by atoms with Crippen LogP contribution in [0.3, 0.4) is 0 Å². The van der Waals surface area contributed by atoms with Gasteiger partial charge in [0.1, 0.15) is 5.82 Å². The Morgan fingerprint density at radius 2 is 2.00 bits per heavy atom. The lowest BCUT2D eigenvalue weighted by Crippen LogP contribution is -2.00. The summed E-state index contributed by atoms with van der Waals surface area (Å²) in [6.07, 6.45) is 2.68. The number of fused-ring (bicyclic) bond motifs is 1. The zero-order valence-electron chi connectivity index (χ0n) is 11.1. The van der Waals surface area contributed by atoms with E-state index in [0.29, 0.717) is 0 Å². The van der Waals surface area contributed by atoms with Crippen LogP contribution in [-0.4, -0.2) is 16.5 Å². The van der Waals surface area contributed by atoms with Gasteiger partial charge in [0.2, 0.25) is 0 Å². The maximum Gasteiger partial charge on any atom is 0.199 e. The Hall–Kier alpha value is -2.29. The van der Waals surface area contributed by atoms with Gasteiger partial charge >= 0.3 is 0 Å². The Morgan fingerprint density at radius 1 is 1.16 bits per heavy atom. The molecule has 0 aliphatic carbocycles. The van der Waals surface area contributed by atoms with Crippen LogP contribution < -0.4 is 4.74 Å². The van der Waals surface area contributed by atoms with E-state index in [0.717, 1.165) is 23.6 Å². The highest BCUT2D eigenvalue weighted by molar-refractivity contribution is 5.49. The molecule has 3 rings (SSSR count). The van der Waals surface area contributed by atoms with Crippen molar-refractivity contribution in [2.75, 3.05) is 7.11 Å². The molecule has 0 aliphatic heterocycles. The summed E-state index contributed by atoms with van der Waals surface area (Å²) >= 11 is 0. The van der Waals surface area contributed by atoms with Gasteiger partial charge in [0, 0.05) is 6.42 Å². The van der Waals surface area contributed by atoms with Crippen molar-refractivity contribution in [1.82, 2.24) is 9.38 Å². The third-order valence-electron chi connectivity index (χ3n) is 3.24. The molecular weight excluding hydrogens is 236 g/mol. The number of imidazole rings is 1. The van der Waals surface area contributed by atoms with Gasteiger partial charge in [0.05, 0.1) is 18.8 Å². The molecule has 0 radical (unpaired) electrons. The molecular formula is C16H16N2O. The fraction of sp³-hybridized carbons (Fsp3) is 0.188. The first-order chi connectivity index (χ1) is 9.28. The standard InChI is InChI=1S/C16H16N2O/c1-12-5-3-6-13(9-12)10-15-17-11-14-7-4-8-16(19-2)18(14)15/h3-9,11H,10H2,1-2H3. The molecule has 0 fully saturated rings. The topological polar surface area (TPSA) is 26.5 Å². The van der Waals surface area contributed by atoms with Crippen molar-refractivity contribution >= 4 is 5.52 Å². The van der Waals surface area contributed by atoms with E-state index in [2.05, 4.69) is 40.6 Å². The van der Waals surface area contributed by atoms with Crippen LogP contribution in [0.5, 0.6) is 5.88 Å². The smallest absolute Gasteiger partial charge is 0.199 e. The molecule has 0 unspecified atom stereocenters. The quantitative estimate of drug-likeness (QED) is 0.715. The molecule has 19 heavy (non-hydrogen) atoms. The van der Waals surface area contributed by atoms with E-state index in [9.17, 15) is 0 Å². The molecule has 0 spiro atoms. The molecule has 0 saturated carbocycles. The third kappa shape index (κ3) is 2.19. The van der Waals surface area contributed by atoms with Crippen molar-refractivity contribution in [3.63, 3.8) is 0 Å². The Bertz CT molecular complexity index is 716. The maximum absolute atomic E-state index is 5.41. The molecule has 1 aromatic carbocycles. The van der Waals surface area contributed by atoms with Crippen molar-refractivity contribution in [3.05, 3.63) is 65.6 Å². The van der Waals surface area contributed by atoms with E-state index in [4.69, 9.17) is 4.74 Å². The minimum Gasteiger partial charge on any atom is -0.482 e. The normalized spacial score (nSPS) is 10.8. The number of hydrogen-bond acceptors (Lipinski definition) is 2. The summed E-state index contributed by atoms with van der Waals surface area (Å²) in [4.78, 5) is 4.51. The van der Waals surface area contributed by atoms with Gasteiger partial charge in [-0.15, -0.1) is 0 Å². The number of nitrogens with zero attached hydrogens (tertiary/aromatic N) is 2. The second-order valence-electron chi connectivity index (χ2n) is 4.67. The van der Waals surface area contributed by atoms with Crippen LogP contribution in [0.4, 0.5) is 0 Å². The van der Waals surface area contributed by atoms with Crippen LogP contribution in [0.1, 0.15) is 17.0 Å². The molecule has 0 saturated heterocycles. The van der Waals surface area contributed by atoms with E-state index in [-0.39, 0.29) is 0 Å². The second-order valence-corrected chi connectivity index (χ2v) is 4.67. The number of rotatable bonds is 3. The average Bonchev–Trinajstić information content (AvgIpc) is 2.82. The predicted molar refractivity (Wildman–Crippen MR) is 75.7 cm³/mol. The van der Waals surface area contributed by atoms with Crippen LogP contribution in [0.25, 0.3) is 5.52 Å². The minimum atomic E-state index is 0.802. The van der Waals surface area contributed by atoms with Crippen molar-refractivity contribution in [3.8, 4) is 5.88 Å². The summed E-state index contributed by atoms with van der Waals surface area (Å²) in [6.45, 7) is 2.10. The zero-order valence-corrected chi connectivity index (χ0v) is 11.1. The largest absolute Gasteiger partial charge is 0.482 e. The van der Waals surface area contributed by atoms with Crippen LogP contribution >= 0.6 is 0 Å². The molecule has 96 valence electrons. The first-order valence-corrected chi connectivity index (χ1v) is 6.33. The fourth-order valence-electron chi connectivity index (χ4n) is 2.37. The number of aryl methyl sites for hydroxylation is 1. The Balaban J connectivity index is 2.06. The summed E-state index contributed by atoms with van der Waals surface area (Å²) in [6, 6.07) is 14.5. The monoisotopic (exact) mass is 252 g/mol. The minimum absolute atomic E-state index is 0.802. The molecule has 2 heterocycles. The van der Waals surface area contributed by atoms with Crippen molar-refractivity contribution in [2.45, 2.75) is 13.3 Å². The van der Waals surface area contributed by atoms with Gasteiger partial charge in [-0.05, 0) is 24.6 Å². The van der Waals surface area contributed by atoms with Crippen LogP contribution in [0.15, 0.2) is 48.7 Å². The van der Waals surface area contributed by atoms with Gasteiger partial charge < -0.3 is 4.74 Å². The fourth-order valence-corrected chi connectivity index (χ4v) is 2.37. The number of ether oxygens (including phenoxy) is 1. The molecule has 0 N–H and O–H groups in total. The SMILES string of the molecule is COc1cccc2cnc(Cc3cccc(C)c3)n12. The van der Waals surface area contributed by atoms with Gasteiger partial charge in [0.25, 0.3) is 0 Å². The van der Waals surface area contributed by atoms with Crippen LogP contribution in [0, 0.1) is 6.92 Å². The van der Waals surface area contributed by atoms with E-state index in [1.54, 1.807) is 7.11 Å². The Morgan fingerprint density at radius 3 is 2.79 bits per heavy atom. The molecule has 0 amide bonds. The summed E-state index contributed by atoms with van der Waals surface area (Å²) in [5.41, 5.74) is 3.59. The molecule has 3 aromatic rings. The van der Waals surface area contributed by atoms with E-state index < -0.39 is 0 Å². The van der Waals surface area contributed by atoms with Gasteiger partial charge in [-0.3, -0.25) is 4.40 Å². The summed E-state index contributed by atoms with van der Waals surface area (Å²) in [5.74, 6) is 1.82. The van der Waals surface area contributed by atoms with Gasteiger partial charge in [-0.2, -0.15) is 0 Å². The van der Waals surface area contributed by atoms with Crippen LogP contribution in [0.2, 0.25) is 0 Å². The lowest BCUT2D eigenvalue weighted by Gasteiger charge is -2.07. The number of hydrogen-bond donors (Lipinski definition) is 0. The molecule has 0 atom stereocenters. The van der Waals surface area contributed by atoms with Crippen molar-refractivity contribution < 1.29 is 4.74 Å². The Labute approximate surface area is 112 Å². The highest BCUT2D eigenvalue weighted by atomic mass is 16.5. The first kappa shape index (κ1) is 11.8. The molecule has 0 aliphatic rings. The summed E-state index contributed by atoms with van der Waals surface area (Å²) in [5, 5.41) is 0. The zero-order chi connectivity index (χ0) is 13.2. The molecule has 0 bridgehead atoms. The van der Waals surface area contributed by atoms with E-state index in [1.807, 2.05) is 24.4 Å². The lowest BCUT2D eigenvalue weighted by atomic mass is 10.1. The van der Waals surface area contributed by atoms with Gasteiger partial charge in [0.15, 0.2) is 5.88 Å². The Kier molecular flexibility index (Phi) is 2.95.